The maximum atomic E-state index is 13.1. The zero-order chi connectivity index (χ0) is 22.4. The molecule has 8 heteroatoms. The van der Waals surface area contributed by atoms with E-state index in [2.05, 4.69) is 5.32 Å². The number of nitrogens with one attached hydrogen (secondary N) is 1. The Balaban J connectivity index is 1.56. The van der Waals surface area contributed by atoms with Gasteiger partial charge in [0.1, 0.15) is 5.54 Å². The Hall–Kier alpha value is -3.39. The van der Waals surface area contributed by atoms with Crippen LogP contribution in [-0.2, 0) is 16.5 Å². The summed E-state index contributed by atoms with van der Waals surface area (Å²) in [6.45, 7) is 1.21. The minimum Gasteiger partial charge on any atom is -0.387 e. The molecule has 2 N–H and O–H groups in total. The first-order chi connectivity index (χ1) is 14.6. The summed E-state index contributed by atoms with van der Waals surface area (Å²) < 4.78 is 38.2. The molecule has 3 aromatic rings. The van der Waals surface area contributed by atoms with E-state index in [1.807, 2.05) is 36.4 Å². The highest BCUT2D eigenvalue weighted by Gasteiger charge is 2.49. The number of benzene rings is 3. The van der Waals surface area contributed by atoms with Gasteiger partial charge in [0.05, 0.1) is 18.2 Å². The second kappa shape index (κ2) is 7.39. The number of alkyl halides is 3. The van der Waals surface area contributed by atoms with Crippen molar-refractivity contribution in [2.24, 2.45) is 0 Å². The van der Waals surface area contributed by atoms with E-state index in [9.17, 15) is 27.9 Å². The smallest absolute Gasteiger partial charge is 0.387 e. The maximum Gasteiger partial charge on any atom is 0.416 e. The molecule has 1 aliphatic rings. The highest BCUT2D eigenvalue weighted by molar-refractivity contribution is 6.07. The summed E-state index contributed by atoms with van der Waals surface area (Å²) in [6, 6.07) is 16.3. The molecule has 0 radical (unpaired) electrons. The molecule has 31 heavy (non-hydrogen) atoms. The molecule has 3 aromatic carbocycles. The van der Waals surface area contributed by atoms with Crippen molar-refractivity contribution in [2.75, 3.05) is 6.54 Å². The number of urea groups is 1. The van der Waals surface area contributed by atoms with Gasteiger partial charge in [-0.15, -0.1) is 0 Å². The maximum absolute atomic E-state index is 13.1. The summed E-state index contributed by atoms with van der Waals surface area (Å²) in [5.41, 5.74) is -1.40. The van der Waals surface area contributed by atoms with Gasteiger partial charge in [-0.2, -0.15) is 13.2 Å². The van der Waals surface area contributed by atoms with Crippen molar-refractivity contribution >= 4 is 22.7 Å². The van der Waals surface area contributed by atoms with Gasteiger partial charge >= 0.3 is 12.2 Å². The van der Waals surface area contributed by atoms with E-state index in [0.717, 1.165) is 39.9 Å². The quantitative estimate of drug-likeness (QED) is 0.607. The van der Waals surface area contributed by atoms with E-state index in [-0.39, 0.29) is 12.1 Å². The first-order valence-corrected chi connectivity index (χ1v) is 9.58. The van der Waals surface area contributed by atoms with Crippen molar-refractivity contribution in [3.8, 4) is 0 Å². The summed E-state index contributed by atoms with van der Waals surface area (Å²) in [4.78, 5) is 26.5. The van der Waals surface area contributed by atoms with Gasteiger partial charge in [-0.05, 0) is 47.0 Å². The molecule has 0 aromatic heterocycles. The lowest BCUT2D eigenvalue weighted by Crippen LogP contribution is -2.41. The van der Waals surface area contributed by atoms with Crippen molar-refractivity contribution < 1.29 is 27.9 Å². The number of carbonyl (C=O) groups is 2. The van der Waals surface area contributed by atoms with Gasteiger partial charge in [-0.25, -0.2) is 4.79 Å². The normalized spacial score (nSPS) is 20.2. The van der Waals surface area contributed by atoms with Crippen LogP contribution in [0.25, 0.3) is 10.8 Å². The number of fused-ring (bicyclic) bond motifs is 1. The summed E-state index contributed by atoms with van der Waals surface area (Å²) in [6.07, 6.45) is -5.81. The molecule has 160 valence electrons. The van der Waals surface area contributed by atoms with Crippen LogP contribution in [0, 0.1) is 0 Å². The van der Waals surface area contributed by atoms with Gasteiger partial charge in [-0.1, -0.05) is 48.5 Å². The van der Waals surface area contributed by atoms with Crippen LogP contribution in [0.2, 0.25) is 0 Å². The Morgan fingerprint density at radius 2 is 1.65 bits per heavy atom. The summed E-state index contributed by atoms with van der Waals surface area (Å²) in [7, 11) is 0. The number of rotatable bonds is 4. The molecular formula is C23H19F3N2O3. The van der Waals surface area contributed by atoms with Crippen LogP contribution in [0.3, 0.4) is 0 Å². The Kier molecular flexibility index (Phi) is 4.97. The molecule has 2 atom stereocenters. The molecule has 3 amide bonds. The van der Waals surface area contributed by atoms with Crippen LogP contribution < -0.4 is 5.32 Å². The Morgan fingerprint density at radius 1 is 1.00 bits per heavy atom. The van der Waals surface area contributed by atoms with Crippen LogP contribution in [-0.4, -0.2) is 28.5 Å². The predicted octanol–water partition coefficient (Wildman–Crippen LogP) is 4.36. The monoisotopic (exact) mass is 428 g/mol. The molecule has 1 saturated heterocycles. The third-order valence-corrected chi connectivity index (χ3v) is 5.58. The number of hydrogen-bond donors (Lipinski definition) is 2. The van der Waals surface area contributed by atoms with Crippen LogP contribution in [0.15, 0.2) is 66.7 Å². The molecule has 0 aliphatic carbocycles. The highest BCUT2D eigenvalue weighted by Crippen LogP contribution is 2.33. The third-order valence-electron chi connectivity index (χ3n) is 5.58. The first kappa shape index (κ1) is 20.9. The van der Waals surface area contributed by atoms with Gasteiger partial charge in [0.2, 0.25) is 0 Å². The average molecular weight is 428 g/mol. The lowest BCUT2D eigenvalue weighted by Gasteiger charge is -2.23. The summed E-state index contributed by atoms with van der Waals surface area (Å²) in [5, 5.41) is 15.0. The Morgan fingerprint density at radius 3 is 2.29 bits per heavy atom. The van der Waals surface area contributed by atoms with E-state index >= 15 is 0 Å². The molecular weight excluding hydrogens is 409 g/mol. The number of hydrogen-bond acceptors (Lipinski definition) is 3. The van der Waals surface area contributed by atoms with Crippen molar-refractivity contribution in [3.05, 3.63) is 83.4 Å². The first-order valence-electron chi connectivity index (χ1n) is 9.58. The number of carbonyl (C=O) groups excluding carboxylic acids is 2. The van der Waals surface area contributed by atoms with Gasteiger partial charge in [-0.3, -0.25) is 9.69 Å². The fourth-order valence-corrected chi connectivity index (χ4v) is 3.73. The minimum absolute atomic E-state index is 0.174. The van der Waals surface area contributed by atoms with E-state index in [1.165, 1.54) is 0 Å². The molecule has 1 heterocycles. The zero-order valence-corrected chi connectivity index (χ0v) is 16.5. The fourth-order valence-electron chi connectivity index (χ4n) is 3.73. The lowest BCUT2D eigenvalue weighted by atomic mass is 9.90. The van der Waals surface area contributed by atoms with Crippen LogP contribution in [0.5, 0.6) is 0 Å². The summed E-state index contributed by atoms with van der Waals surface area (Å²) in [5.74, 6) is -0.543. The highest BCUT2D eigenvalue weighted by atomic mass is 19.4. The molecule has 5 nitrogen and oxygen atoms in total. The minimum atomic E-state index is -4.49. The number of aliphatic hydroxyl groups excluding tert-OH is 1. The lowest BCUT2D eigenvalue weighted by molar-refractivity contribution is -0.137. The van der Waals surface area contributed by atoms with Crippen LogP contribution in [0.1, 0.15) is 29.7 Å². The number of halogens is 3. The fraction of sp³-hybridized carbons (Fsp3) is 0.217. The molecule has 0 saturated carbocycles. The number of aliphatic hydroxyl groups is 1. The van der Waals surface area contributed by atoms with Crippen molar-refractivity contribution in [2.45, 2.75) is 24.7 Å². The molecule has 2 unspecified atom stereocenters. The standard InChI is InChI=1S/C23H19F3N2O3/c1-22(18-11-6-14-4-2-3-5-16(14)12-18)20(30)28(21(31)27-22)13-19(29)15-7-9-17(10-8-15)23(24,25)26/h2-12,19,29H,13H2,1H3,(H,27,31). The molecule has 0 spiro atoms. The third kappa shape index (κ3) is 3.74. The number of β-amino-alcohol motifs (C(OH)–C–C–N with tert-alkyl or cyclic N) is 1. The Labute approximate surface area is 176 Å². The molecule has 1 fully saturated rings. The molecule has 4 rings (SSSR count). The van der Waals surface area contributed by atoms with Crippen LogP contribution in [0.4, 0.5) is 18.0 Å². The van der Waals surface area contributed by atoms with Crippen molar-refractivity contribution in [3.63, 3.8) is 0 Å². The van der Waals surface area contributed by atoms with Crippen LogP contribution >= 0.6 is 0 Å². The van der Waals surface area contributed by atoms with Crippen molar-refractivity contribution in [1.29, 1.82) is 0 Å². The van der Waals surface area contributed by atoms with E-state index in [0.29, 0.717) is 5.56 Å². The zero-order valence-electron chi connectivity index (χ0n) is 16.5. The van der Waals surface area contributed by atoms with E-state index < -0.39 is 35.3 Å². The molecule has 0 bridgehead atoms. The largest absolute Gasteiger partial charge is 0.416 e. The average Bonchev–Trinajstić information content (AvgIpc) is 2.96. The second-order valence-corrected chi connectivity index (χ2v) is 7.67. The Bertz CT molecular complexity index is 1160. The molecule has 1 aliphatic heterocycles. The topological polar surface area (TPSA) is 69.6 Å². The van der Waals surface area contributed by atoms with Gasteiger partial charge in [0.15, 0.2) is 0 Å². The van der Waals surface area contributed by atoms with E-state index in [4.69, 9.17) is 0 Å². The van der Waals surface area contributed by atoms with Gasteiger partial charge < -0.3 is 10.4 Å². The predicted molar refractivity (Wildman–Crippen MR) is 108 cm³/mol. The SMILES string of the molecule is CC1(c2ccc3ccccc3c2)NC(=O)N(CC(O)c2ccc(C(F)(F)F)cc2)C1=O. The van der Waals surface area contributed by atoms with Gasteiger partial charge in [0.25, 0.3) is 5.91 Å². The van der Waals surface area contributed by atoms with Crippen molar-refractivity contribution in [1.82, 2.24) is 10.2 Å². The number of amides is 3. The summed E-state index contributed by atoms with van der Waals surface area (Å²) >= 11 is 0. The van der Waals surface area contributed by atoms with Gasteiger partial charge in [0, 0.05) is 0 Å². The number of imide groups is 1. The van der Waals surface area contributed by atoms with E-state index in [1.54, 1.807) is 13.0 Å². The second-order valence-electron chi connectivity index (χ2n) is 7.67. The number of nitrogens with zero attached hydrogens (tertiary/aromatic N) is 1.